The molecular formula is C20H23Br2NO2. The molecule has 5 heteroatoms. The molecule has 2 rings (SSSR count). The van der Waals surface area contributed by atoms with Crippen molar-refractivity contribution in [2.45, 2.75) is 39.5 Å². The summed E-state index contributed by atoms with van der Waals surface area (Å²) in [5, 5.41) is 2.94. The van der Waals surface area contributed by atoms with Gasteiger partial charge in [0.05, 0.1) is 11.1 Å². The Bertz CT molecular complexity index is 744. The molecule has 134 valence electrons. The molecule has 2 aromatic rings. The van der Waals surface area contributed by atoms with E-state index in [1.54, 1.807) is 0 Å². The Hall–Kier alpha value is -1.33. The lowest BCUT2D eigenvalue weighted by Crippen LogP contribution is -2.13. The summed E-state index contributed by atoms with van der Waals surface area (Å²) >= 11 is 6.97. The van der Waals surface area contributed by atoms with Crippen LogP contribution in [-0.2, 0) is 4.79 Å². The van der Waals surface area contributed by atoms with Gasteiger partial charge in [0.2, 0.25) is 5.91 Å². The highest BCUT2D eigenvalue weighted by Crippen LogP contribution is 2.29. The fraction of sp³-hybridized carbons (Fsp3) is 0.350. The van der Waals surface area contributed by atoms with Gasteiger partial charge < -0.3 is 10.1 Å². The van der Waals surface area contributed by atoms with Crippen LogP contribution in [0.4, 0.5) is 5.69 Å². The molecule has 0 saturated carbocycles. The van der Waals surface area contributed by atoms with Gasteiger partial charge >= 0.3 is 0 Å². The zero-order valence-corrected chi connectivity index (χ0v) is 17.9. The van der Waals surface area contributed by atoms with Crippen LogP contribution in [0.15, 0.2) is 45.3 Å². The predicted molar refractivity (Wildman–Crippen MR) is 110 cm³/mol. The van der Waals surface area contributed by atoms with E-state index >= 15 is 0 Å². The molecule has 0 unspecified atom stereocenters. The number of nitrogens with one attached hydrogen (secondary N) is 1. The van der Waals surface area contributed by atoms with E-state index in [0.717, 1.165) is 25.9 Å². The fourth-order valence-electron chi connectivity index (χ4n) is 2.39. The molecule has 0 aromatic heterocycles. The zero-order valence-electron chi connectivity index (χ0n) is 14.7. The number of hydrogen-bond acceptors (Lipinski definition) is 2. The number of carbonyl (C=O) groups excluding carboxylic acids is 1. The molecule has 0 aliphatic rings. The maximum atomic E-state index is 12.1. The van der Waals surface area contributed by atoms with Crippen LogP contribution < -0.4 is 10.1 Å². The maximum absolute atomic E-state index is 12.1. The largest absolute Gasteiger partial charge is 0.492 e. The van der Waals surface area contributed by atoms with Crippen molar-refractivity contribution >= 4 is 43.5 Å². The summed E-state index contributed by atoms with van der Waals surface area (Å²) in [7, 11) is 0. The van der Waals surface area contributed by atoms with Crippen LogP contribution in [-0.4, -0.2) is 12.5 Å². The standard InChI is InChI=1S/C20H23Br2NO2/c1-13(2)15-6-9-19(17(22)12-15)25-10-4-5-20(24)23-18-8-7-16(21)11-14(18)3/h6-9,11-13H,4-5,10H2,1-3H3,(H,23,24). The van der Waals surface area contributed by atoms with Gasteiger partial charge in [0.25, 0.3) is 0 Å². The second-order valence-electron chi connectivity index (χ2n) is 6.30. The Kier molecular flexibility index (Phi) is 7.51. The van der Waals surface area contributed by atoms with Crippen molar-refractivity contribution < 1.29 is 9.53 Å². The van der Waals surface area contributed by atoms with E-state index in [1.807, 2.05) is 31.2 Å². The minimum atomic E-state index is 0.00300. The van der Waals surface area contributed by atoms with Gasteiger partial charge in [-0.15, -0.1) is 0 Å². The van der Waals surface area contributed by atoms with Gasteiger partial charge in [-0.3, -0.25) is 4.79 Å². The van der Waals surface area contributed by atoms with Crippen LogP contribution >= 0.6 is 31.9 Å². The van der Waals surface area contributed by atoms with Gasteiger partial charge in [0.15, 0.2) is 0 Å². The molecule has 0 aliphatic carbocycles. The Morgan fingerprint density at radius 1 is 1.16 bits per heavy atom. The van der Waals surface area contributed by atoms with Crippen LogP contribution in [0.2, 0.25) is 0 Å². The molecule has 0 heterocycles. The highest BCUT2D eigenvalue weighted by Gasteiger charge is 2.07. The number of anilines is 1. The number of amides is 1. The third kappa shape index (κ3) is 6.15. The summed E-state index contributed by atoms with van der Waals surface area (Å²) in [6.45, 7) is 6.80. The summed E-state index contributed by atoms with van der Waals surface area (Å²) in [4.78, 5) is 12.1. The van der Waals surface area contributed by atoms with E-state index in [-0.39, 0.29) is 5.91 Å². The predicted octanol–water partition coefficient (Wildman–Crippen LogP) is 6.44. The molecule has 1 N–H and O–H groups in total. The number of benzene rings is 2. The summed E-state index contributed by atoms with van der Waals surface area (Å²) < 4.78 is 7.74. The first-order valence-corrected chi connectivity index (χ1v) is 9.93. The molecule has 25 heavy (non-hydrogen) atoms. The minimum absolute atomic E-state index is 0.00300. The second kappa shape index (κ2) is 9.39. The molecule has 0 atom stereocenters. The van der Waals surface area contributed by atoms with E-state index in [4.69, 9.17) is 4.74 Å². The van der Waals surface area contributed by atoms with Crippen molar-refractivity contribution in [1.82, 2.24) is 0 Å². The van der Waals surface area contributed by atoms with E-state index in [2.05, 4.69) is 63.2 Å². The van der Waals surface area contributed by atoms with Crippen molar-refractivity contribution in [3.05, 3.63) is 56.5 Å². The van der Waals surface area contributed by atoms with E-state index < -0.39 is 0 Å². The topological polar surface area (TPSA) is 38.3 Å². The molecule has 0 fully saturated rings. The number of carbonyl (C=O) groups is 1. The van der Waals surface area contributed by atoms with Gasteiger partial charge in [-0.05, 0) is 76.7 Å². The van der Waals surface area contributed by atoms with Crippen molar-refractivity contribution in [2.75, 3.05) is 11.9 Å². The smallest absolute Gasteiger partial charge is 0.224 e. The molecule has 0 bridgehead atoms. The summed E-state index contributed by atoms with van der Waals surface area (Å²) in [5.74, 6) is 1.30. The summed E-state index contributed by atoms with van der Waals surface area (Å²) in [6.07, 6.45) is 1.09. The van der Waals surface area contributed by atoms with E-state index in [0.29, 0.717) is 25.4 Å². The van der Waals surface area contributed by atoms with Crippen molar-refractivity contribution in [3.63, 3.8) is 0 Å². The second-order valence-corrected chi connectivity index (χ2v) is 8.07. The fourth-order valence-corrected chi connectivity index (χ4v) is 3.37. The normalized spacial score (nSPS) is 10.8. The number of ether oxygens (including phenoxy) is 1. The Balaban J connectivity index is 1.78. The number of aryl methyl sites for hydroxylation is 1. The molecule has 1 amide bonds. The lowest BCUT2D eigenvalue weighted by molar-refractivity contribution is -0.116. The zero-order chi connectivity index (χ0) is 18.4. The monoisotopic (exact) mass is 467 g/mol. The van der Waals surface area contributed by atoms with E-state index in [9.17, 15) is 4.79 Å². The van der Waals surface area contributed by atoms with Crippen LogP contribution in [0.5, 0.6) is 5.75 Å². The Morgan fingerprint density at radius 2 is 1.92 bits per heavy atom. The first kappa shape index (κ1) is 20.0. The molecule has 3 nitrogen and oxygen atoms in total. The van der Waals surface area contributed by atoms with Crippen molar-refractivity contribution in [2.24, 2.45) is 0 Å². The average Bonchev–Trinajstić information content (AvgIpc) is 2.55. The lowest BCUT2D eigenvalue weighted by atomic mass is 10.0. The molecule has 0 spiro atoms. The van der Waals surface area contributed by atoms with Crippen LogP contribution in [0.3, 0.4) is 0 Å². The quantitative estimate of drug-likeness (QED) is 0.474. The molecule has 2 aromatic carbocycles. The molecule has 0 saturated heterocycles. The lowest BCUT2D eigenvalue weighted by Gasteiger charge is -2.12. The number of hydrogen-bond donors (Lipinski definition) is 1. The first-order chi connectivity index (χ1) is 11.9. The average molecular weight is 469 g/mol. The first-order valence-electron chi connectivity index (χ1n) is 8.35. The molecule has 0 aliphatic heterocycles. The van der Waals surface area contributed by atoms with Crippen LogP contribution in [0.1, 0.15) is 43.7 Å². The number of rotatable bonds is 7. The van der Waals surface area contributed by atoms with Crippen LogP contribution in [0.25, 0.3) is 0 Å². The molecular weight excluding hydrogens is 446 g/mol. The Morgan fingerprint density at radius 3 is 2.56 bits per heavy atom. The van der Waals surface area contributed by atoms with Gasteiger partial charge in [-0.25, -0.2) is 0 Å². The third-order valence-corrected chi connectivity index (χ3v) is 5.00. The number of halogens is 2. The van der Waals surface area contributed by atoms with Gasteiger partial charge in [-0.2, -0.15) is 0 Å². The minimum Gasteiger partial charge on any atom is -0.492 e. The van der Waals surface area contributed by atoms with Gasteiger partial charge in [0, 0.05) is 16.6 Å². The van der Waals surface area contributed by atoms with Gasteiger partial charge in [-0.1, -0.05) is 35.8 Å². The summed E-state index contributed by atoms with van der Waals surface area (Å²) in [5.41, 5.74) is 3.15. The van der Waals surface area contributed by atoms with Crippen molar-refractivity contribution in [3.8, 4) is 5.75 Å². The van der Waals surface area contributed by atoms with Crippen molar-refractivity contribution in [1.29, 1.82) is 0 Å². The Labute approximate surface area is 166 Å². The highest BCUT2D eigenvalue weighted by molar-refractivity contribution is 9.10. The SMILES string of the molecule is Cc1cc(Br)ccc1NC(=O)CCCOc1ccc(C(C)C)cc1Br. The highest BCUT2D eigenvalue weighted by atomic mass is 79.9. The van der Waals surface area contributed by atoms with Crippen LogP contribution in [0, 0.1) is 6.92 Å². The third-order valence-electron chi connectivity index (χ3n) is 3.89. The maximum Gasteiger partial charge on any atom is 0.224 e. The summed E-state index contributed by atoms with van der Waals surface area (Å²) in [6, 6.07) is 11.9. The van der Waals surface area contributed by atoms with Gasteiger partial charge in [0.1, 0.15) is 5.75 Å². The molecule has 0 radical (unpaired) electrons. The van der Waals surface area contributed by atoms with E-state index in [1.165, 1.54) is 5.56 Å².